The van der Waals surface area contributed by atoms with E-state index in [9.17, 15) is 26.9 Å². The number of anilines is 1. The molecule has 0 unspecified atom stereocenters. The number of aromatic amines is 1. The number of benzene rings is 1. The molecular weight excluding hydrogens is 467 g/mol. The summed E-state index contributed by atoms with van der Waals surface area (Å²) in [5.41, 5.74) is 0.684. The summed E-state index contributed by atoms with van der Waals surface area (Å²) in [7, 11) is -4.12. The summed E-state index contributed by atoms with van der Waals surface area (Å²) in [4.78, 5) is 5.49. The molecule has 1 saturated carbocycles. The molecule has 4 atom stereocenters. The van der Waals surface area contributed by atoms with Gasteiger partial charge in [-0.25, -0.2) is 13.4 Å². The van der Waals surface area contributed by atoms with Gasteiger partial charge in [0.25, 0.3) is 0 Å². The Morgan fingerprint density at radius 2 is 2.06 bits per heavy atom. The molecule has 3 N–H and O–H groups in total. The number of halogens is 3. The van der Waals surface area contributed by atoms with E-state index in [0.29, 0.717) is 42.4 Å². The standard InChI is InChI=1S/C23H22F3N5O2S/c1-22(34(32,33)17-4-2-3-15(8-17)23(24,25)26)19-9-16(7-13(19)12-30-22)31-20-14(10-27)11-29-21-18(20)5-6-28-21/h2-6,8,11,13,16,19,30H,7,9,12H2,1H3,(H2,28,29,31)/t13-,16+,19+,22+/m1/s1. The molecule has 1 saturated heterocycles. The maximum absolute atomic E-state index is 13.6. The third-order valence-corrected chi connectivity index (χ3v) is 9.64. The van der Waals surface area contributed by atoms with Gasteiger partial charge in [-0.15, -0.1) is 0 Å². The van der Waals surface area contributed by atoms with Crippen molar-refractivity contribution >= 4 is 26.6 Å². The van der Waals surface area contributed by atoms with E-state index >= 15 is 0 Å². The number of fused-ring (bicyclic) bond motifs is 2. The summed E-state index contributed by atoms with van der Waals surface area (Å²) in [5, 5.41) is 16.8. The fraction of sp³-hybridized carbons (Fsp3) is 0.391. The van der Waals surface area contributed by atoms with Crippen molar-refractivity contribution in [3.63, 3.8) is 0 Å². The number of nitriles is 1. The molecule has 1 aliphatic heterocycles. The van der Waals surface area contributed by atoms with Crippen molar-refractivity contribution in [1.82, 2.24) is 15.3 Å². The van der Waals surface area contributed by atoms with E-state index in [1.54, 1.807) is 13.1 Å². The summed E-state index contributed by atoms with van der Waals surface area (Å²) in [6.07, 6.45) is -0.250. The molecule has 11 heteroatoms. The topological polar surface area (TPSA) is 111 Å². The number of alkyl halides is 3. The van der Waals surface area contributed by atoms with Crippen molar-refractivity contribution in [3.8, 4) is 6.07 Å². The van der Waals surface area contributed by atoms with Crippen LogP contribution in [-0.4, -0.2) is 35.8 Å². The summed E-state index contributed by atoms with van der Waals surface area (Å²) >= 11 is 0. The molecule has 0 amide bonds. The second kappa shape index (κ2) is 7.71. The van der Waals surface area contributed by atoms with Crippen LogP contribution < -0.4 is 10.6 Å². The van der Waals surface area contributed by atoms with Crippen molar-refractivity contribution in [1.29, 1.82) is 5.26 Å². The van der Waals surface area contributed by atoms with Crippen LogP contribution in [0.5, 0.6) is 0 Å². The van der Waals surface area contributed by atoms with Crippen LogP contribution in [0, 0.1) is 23.2 Å². The SMILES string of the molecule is C[C@@]1(S(=O)(=O)c2cccc(C(F)(F)F)c2)NC[C@H]2C[C@H](Nc3c(C#N)cnc4[nH]ccc34)C[C@@H]21. The van der Waals surface area contributed by atoms with Gasteiger partial charge in [0.2, 0.25) is 0 Å². The number of sulfone groups is 1. The first kappa shape index (κ1) is 22.7. The lowest BCUT2D eigenvalue weighted by molar-refractivity contribution is -0.137. The molecular formula is C23H22F3N5O2S. The Morgan fingerprint density at radius 3 is 2.79 bits per heavy atom. The Balaban J connectivity index is 1.44. The molecule has 0 bridgehead atoms. The minimum Gasteiger partial charge on any atom is -0.381 e. The minimum absolute atomic E-state index is 0.0252. The molecule has 3 aromatic rings. The first-order valence-corrected chi connectivity index (χ1v) is 12.3. The van der Waals surface area contributed by atoms with Gasteiger partial charge in [-0.2, -0.15) is 18.4 Å². The molecule has 2 fully saturated rings. The van der Waals surface area contributed by atoms with Crippen LogP contribution in [0.3, 0.4) is 0 Å². The van der Waals surface area contributed by atoms with E-state index in [4.69, 9.17) is 0 Å². The van der Waals surface area contributed by atoms with Crippen LogP contribution in [0.4, 0.5) is 18.9 Å². The molecule has 7 nitrogen and oxygen atoms in total. The highest BCUT2D eigenvalue weighted by molar-refractivity contribution is 7.92. The van der Waals surface area contributed by atoms with Crippen molar-refractivity contribution in [2.45, 2.75) is 41.7 Å². The van der Waals surface area contributed by atoms with Crippen LogP contribution in [0.25, 0.3) is 11.0 Å². The number of H-pyrrole nitrogens is 1. The molecule has 2 aromatic heterocycles. The first-order chi connectivity index (χ1) is 16.0. The zero-order valence-corrected chi connectivity index (χ0v) is 19.0. The fourth-order valence-corrected chi connectivity index (χ4v) is 7.43. The molecule has 1 aromatic carbocycles. The summed E-state index contributed by atoms with van der Waals surface area (Å²) in [5.74, 6) is -0.282. The second-order valence-electron chi connectivity index (χ2n) is 9.09. The highest BCUT2D eigenvalue weighted by Crippen LogP contribution is 2.49. The van der Waals surface area contributed by atoms with Crippen LogP contribution in [0.1, 0.15) is 30.9 Å². The molecule has 0 spiro atoms. The number of rotatable bonds is 4. The predicted molar refractivity (Wildman–Crippen MR) is 119 cm³/mol. The minimum atomic E-state index is -4.63. The average molecular weight is 490 g/mol. The van der Waals surface area contributed by atoms with Gasteiger partial charge >= 0.3 is 6.18 Å². The van der Waals surface area contributed by atoms with Gasteiger partial charge in [0.05, 0.1) is 21.7 Å². The summed E-state index contributed by atoms with van der Waals surface area (Å²) in [6.45, 7) is 2.01. The average Bonchev–Trinajstić information content (AvgIpc) is 3.50. The molecule has 2 aliphatic rings. The molecule has 178 valence electrons. The normalized spacial score (nSPS) is 27.0. The van der Waals surface area contributed by atoms with E-state index in [-0.39, 0.29) is 22.8 Å². The van der Waals surface area contributed by atoms with Gasteiger partial charge in [0, 0.05) is 23.8 Å². The highest BCUT2D eigenvalue weighted by Gasteiger charge is 2.57. The quantitative estimate of drug-likeness (QED) is 0.510. The van der Waals surface area contributed by atoms with E-state index in [1.807, 2.05) is 6.07 Å². The number of hydrogen-bond donors (Lipinski definition) is 3. The monoisotopic (exact) mass is 489 g/mol. The van der Waals surface area contributed by atoms with Crippen LogP contribution in [0.15, 0.2) is 47.6 Å². The Kier molecular flexibility index (Phi) is 5.15. The lowest BCUT2D eigenvalue weighted by Crippen LogP contribution is -2.49. The van der Waals surface area contributed by atoms with E-state index < -0.39 is 26.4 Å². The molecule has 34 heavy (non-hydrogen) atoms. The smallest absolute Gasteiger partial charge is 0.381 e. The molecule has 1 aliphatic carbocycles. The zero-order valence-electron chi connectivity index (χ0n) is 18.1. The molecule has 0 radical (unpaired) electrons. The summed E-state index contributed by atoms with van der Waals surface area (Å²) in [6, 6.07) is 7.78. The van der Waals surface area contributed by atoms with Crippen LogP contribution in [-0.2, 0) is 16.0 Å². The number of nitrogens with zero attached hydrogens (tertiary/aromatic N) is 2. The van der Waals surface area contributed by atoms with Crippen molar-refractivity contribution in [3.05, 3.63) is 53.9 Å². The van der Waals surface area contributed by atoms with Gasteiger partial charge in [-0.05, 0) is 62.4 Å². The maximum atomic E-state index is 13.6. The Bertz CT molecular complexity index is 1410. The van der Waals surface area contributed by atoms with Gasteiger partial charge < -0.3 is 10.3 Å². The Hall–Kier alpha value is -3.10. The van der Waals surface area contributed by atoms with Gasteiger partial charge in [-0.1, -0.05) is 6.07 Å². The lowest BCUT2D eigenvalue weighted by atomic mass is 9.94. The number of pyridine rings is 1. The molecule has 3 heterocycles. The number of nitrogens with one attached hydrogen (secondary N) is 3. The van der Waals surface area contributed by atoms with E-state index in [1.165, 1.54) is 12.3 Å². The Morgan fingerprint density at radius 1 is 1.26 bits per heavy atom. The van der Waals surface area contributed by atoms with Crippen molar-refractivity contribution in [2.24, 2.45) is 11.8 Å². The van der Waals surface area contributed by atoms with Gasteiger partial charge in [-0.3, -0.25) is 5.32 Å². The van der Waals surface area contributed by atoms with Gasteiger partial charge in [0.1, 0.15) is 16.6 Å². The van der Waals surface area contributed by atoms with E-state index in [2.05, 4.69) is 26.7 Å². The largest absolute Gasteiger partial charge is 0.416 e. The molecule has 5 rings (SSSR count). The summed E-state index contributed by atoms with van der Waals surface area (Å²) < 4.78 is 66.8. The van der Waals surface area contributed by atoms with Crippen molar-refractivity contribution in [2.75, 3.05) is 11.9 Å². The zero-order chi connectivity index (χ0) is 24.3. The number of aromatic nitrogens is 2. The fourth-order valence-electron chi connectivity index (χ4n) is 5.44. The second-order valence-corrected chi connectivity index (χ2v) is 11.4. The van der Waals surface area contributed by atoms with Crippen LogP contribution >= 0.6 is 0 Å². The third-order valence-electron chi connectivity index (χ3n) is 7.20. The van der Waals surface area contributed by atoms with Gasteiger partial charge in [0.15, 0.2) is 9.84 Å². The van der Waals surface area contributed by atoms with E-state index in [0.717, 1.165) is 17.5 Å². The third kappa shape index (κ3) is 3.44. The van der Waals surface area contributed by atoms with Crippen LogP contribution in [0.2, 0.25) is 0 Å². The maximum Gasteiger partial charge on any atom is 0.416 e. The predicted octanol–water partition coefficient (Wildman–Crippen LogP) is 4.05. The number of hydrogen-bond acceptors (Lipinski definition) is 6. The first-order valence-electron chi connectivity index (χ1n) is 10.8. The Labute approximate surface area is 194 Å². The highest BCUT2D eigenvalue weighted by atomic mass is 32.2. The van der Waals surface area contributed by atoms with Crippen molar-refractivity contribution < 1.29 is 21.6 Å². The lowest BCUT2D eigenvalue weighted by Gasteiger charge is -2.31.